The van der Waals surface area contributed by atoms with Gasteiger partial charge >= 0.3 is 0 Å². The molecule has 78 valence electrons. The lowest BCUT2D eigenvalue weighted by Gasteiger charge is -1.98. The van der Waals surface area contributed by atoms with Gasteiger partial charge in [-0.1, -0.05) is 19.3 Å². The van der Waals surface area contributed by atoms with Gasteiger partial charge in [-0.25, -0.2) is 0 Å². The fourth-order valence-corrected chi connectivity index (χ4v) is 1.61. The van der Waals surface area contributed by atoms with E-state index in [2.05, 4.69) is 0 Å². The van der Waals surface area contributed by atoms with Crippen LogP contribution in [0.5, 0.6) is 0 Å². The molecule has 0 saturated carbocycles. The molecule has 0 atom stereocenters. The first-order chi connectivity index (χ1) is 6.06. The fraction of sp³-hybridized carbons (Fsp3) is 0.875. The van der Waals surface area contributed by atoms with Crippen molar-refractivity contribution in [3.05, 3.63) is 0 Å². The van der Waals surface area contributed by atoms with E-state index in [4.69, 9.17) is 4.55 Å². The second-order valence-corrected chi connectivity index (χ2v) is 4.58. The Bertz CT molecular complexity index is 220. The summed E-state index contributed by atoms with van der Waals surface area (Å²) in [4.78, 5) is 9.91. The fourth-order valence-electron chi connectivity index (χ4n) is 1.04. The summed E-state index contributed by atoms with van der Waals surface area (Å²) in [6, 6.07) is 0. The normalized spacial score (nSPS) is 11.5. The summed E-state index contributed by atoms with van der Waals surface area (Å²) in [6.45, 7) is 0. The SMILES string of the molecule is O=CCCCCCCCS(=O)(=O)O. The van der Waals surface area contributed by atoms with Crippen LogP contribution in [0.1, 0.15) is 38.5 Å². The molecule has 0 aliphatic heterocycles. The molecule has 4 nitrogen and oxygen atoms in total. The van der Waals surface area contributed by atoms with E-state index >= 15 is 0 Å². The Labute approximate surface area is 79.1 Å². The summed E-state index contributed by atoms with van der Waals surface area (Å²) in [5, 5.41) is 0. The van der Waals surface area contributed by atoms with Crippen molar-refractivity contribution in [1.82, 2.24) is 0 Å². The zero-order chi connectivity index (χ0) is 10.2. The Morgan fingerprint density at radius 1 is 1.00 bits per heavy atom. The van der Waals surface area contributed by atoms with Crippen molar-refractivity contribution >= 4 is 16.4 Å². The molecule has 0 aliphatic carbocycles. The van der Waals surface area contributed by atoms with Crippen molar-refractivity contribution in [1.29, 1.82) is 0 Å². The minimum atomic E-state index is -3.78. The lowest BCUT2D eigenvalue weighted by Crippen LogP contribution is -2.03. The molecule has 0 spiro atoms. The topological polar surface area (TPSA) is 71.4 Å². The van der Waals surface area contributed by atoms with Gasteiger partial charge in [-0.05, 0) is 12.8 Å². The molecule has 0 amide bonds. The van der Waals surface area contributed by atoms with Gasteiger partial charge < -0.3 is 4.79 Å². The molecular formula is C8H16O4S. The van der Waals surface area contributed by atoms with Gasteiger partial charge in [-0.2, -0.15) is 8.42 Å². The molecule has 0 aromatic heterocycles. The maximum absolute atomic E-state index is 10.3. The van der Waals surface area contributed by atoms with E-state index in [1.165, 1.54) is 0 Å². The van der Waals surface area contributed by atoms with Crippen molar-refractivity contribution < 1.29 is 17.8 Å². The lowest BCUT2D eigenvalue weighted by atomic mass is 10.1. The number of hydrogen-bond donors (Lipinski definition) is 1. The first kappa shape index (κ1) is 12.6. The van der Waals surface area contributed by atoms with Crippen LogP contribution in [0.4, 0.5) is 0 Å². The van der Waals surface area contributed by atoms with Gasteiger partial charge in [0.15, 0.2) is 0 Å². The van der Waals surface area contributed by atoms with Crippen LogP contribution in [0.3, 0.4) is 0 Å². The summed E-state index contributed by atoms with van der Waals surface area (Å²) in [5.74, 6) is -0.152. The first-order valence-electron chi connectivity index (χ1n) is 4.45. The monoisotopic (exact) mass is 208 g/mol. The van der Waals surface area contributed by atoms with Crippen LogP contribution in [0.25, 0.3) is 0 Å². The molecule has 0 radical (unpaired) electrons. The van der Waals surface area contributed by atoms with Gasteiger partial charge in [0.2, 0.25) is 0 Å². The average molecular weight is 208 g/mol. The quantitative estimate of drug-likeness (QED) is 0.372. The van der Waals surface area contributed by atoms with Crippen molar-refractivity contribution in [2.24, 2.45) is 0 Å². The third-order valence-corrected chi connectivity index (χ3v) is 2.53. The van der Waals surface area contributed by atoms with Crippen LogP contribution in [0.2, 0.25) is 0 Å². The molecule has 0 bridgehead atoms. The molecule has 0 rings (SSSR count). The minimum absolute atomic E-state index is 0.152. The lowest BCUT2D eigenvalue weighted by molar-refractivity contribution is -0.107. The second-order valence-electron chi connectivity index (χ2n) is 3.01. The highest BCUT2D eigenvalue weighted by Crippen LogP contribution is 2.05. The Morgan fingerprint density at radius 2 is 1.54 bits per heavy atom. The summed E-state index contributed by atoms with van der Waals surface area (Å²) in [7, 11) is -3.78. The minimum Gasteiger partial charge on any atom is -0.303 e. The molecule has 0 saturated heterocycles. The zero-order valence-electron chi connectivity index (χ0n) is 7.61. The number of unbranched alkanes of at least 4 members (excludes halogenated alkanes) is 5. The highest BCUT2D eigenvalue weighted by atomic mass is 32.2. The van der Waals surface area contributed by atoms with Crippen molar-refractivity contribution in [3.63, 3.8) is 0 Å². The summed E-state index contributed by atoms with van der Waals surface area (Å²) < 4.78 is 28.9. The molecular weight excluding hydrogens is 192 g/mol. The summed E-state index contributed by atoms with van der Waals surface area (Å²) >= 11 is 0. The molecule has 13 heavy (non-hydrogen) atoms. The first-order valence-corrected chi connectivity index (χ1v) is 6.06. The van der Waals surface area contributed by atoms with Crippen LogP contribution in [0.15, 0.2) is 0 Å². The number of aldehydes is 1. The van der Waals surface area contributed by atoms with Crippen LogP contribution < -0.4 is 0 Å². The van der Waals surface area contributed by atoms with Crippen molar-refractivity contribution in [2.45, 2.75) is 38.5 Å². The number of rotatable bonds is 8. The maximum Gasteiger partial charge on any atom is 0.264 e. The smallest absolute Gasteiger partial charge is 0.264 e. The van der Waals surface area contributed by atoms with Crippen molar-refractivity contribution in [2.75, 3.05) is 5.75 Å². The molecule has 0 unspecified atom stereocenters. The molecule has 5 heteroatoms. The standard InChI is InChI=1S/C8H16O4S/c9-7-5-3-1-2-4-6-8-13(10,11)12/h7H,1-6,8H2,(H,10,11,12). The van der Waals surface area contributed by atoms with Gasteiger partial charge in [0.05, 0.1) is 5.75 Å². The Balaban J connectivity index is 3.13. The van der Waals surface area contributed by atoms with Crippen LogP contribution in [-0.2, 0) is 14.9 Å². The van der Waals surface area contributed by atoms with Crippen LogP contribution >= 0.6 is 0 Å². The van der Waals surface area contributed by atoms with Gasteiger partial charge in [0.25, 0.3) is 10.1 Å². The largest absolute Gasteiger partial charge is 0.303 e. The highest BCUT2D eigenvalue weighted by molar-refractivity contribution is 7.85. The maximum atomic E-state index is 10.3. The predicted octanol–water partition coefficient (Wildman–Crippen LogP) is 1.41. The van der Waals surface area contributed by atoms with Gasteiger partial charge in [0.1, 0.15) is 6.29 Å². The molecule has 0 aromatic rings. The van der Waals surface area contributed by atoms with E-state index in [1.807, 2.05) is 0 Å². The van der Waals surface area contributed by atoms with E-state index < -0.39 is 10.1 Å². The van der Waals surface area contributed by atoms with E-state index in [0.29, 0.717) is 12.8 Å². The predicted molar refractivity (Wildman–Crippen MR) is 50.2 cm³/mol. The van der Waals surface area contributed by atoms with Gasteiger partial charge in [0, 0.05) is 6.42 Å². The summed E-state index contributed by atoms with van der Waals surface area (Å²) in [6.07, 6.45) is 5.50. The molecule has 0 fully saturated rings. The van der Waals surface area contributed by atoms with Crippen LogP contribution in [-0.4, -0.2) is 25.0 Å². The van der Waals surface area contributed by atoms with E-state index in [-0.39, 0.29) is 5.75 Å². The number of hydrogen-bond acceptors (Lipinski definition) is 3. The van der Waals surface area contributed by atoms with E-state index in [1.54, 1.807) is 0 Å². The Hall–Kier alpha value is -0.420. The van der Waals surface area contributed by atoms with Crippen LogP contribution in [0, 0.1) is 0 Å². The van der Waals surface area contributed by atoms with Gasteiger partial charge in [-0.3, -0.25) is 4.55 Å². The average Bonchev–Trinajstić information content (AvgIpc) is 2.01. The number of carbonyl (C=O) groups excluding carboxylic acids is 1. The second kappa shape index (κ2) is 7.03. The molecule has 0 heterocycles. The third kappa shape index (κ3) is 11.6. The Kier molecular flexibility index (Phi) is 6.80. The Morgan fingerprint density at radius 3 is 2.08 bits per heavy atom. The molecule has 0 aliphatic rings. The van der Waals surface area contributed by atoms with E-state index in [9.17, 15) is 13.2 Å². The number of carbonyl (C=O) groups is 1. The third-order valence-electron chi connectivity index (χ3n) is 1.72. The van der Waals surface area contributed by atoms with Gasteiger partial charge in [-0.15, -0.1) is 0 Å². The molecule has 0 aromatic carbocycles. The highest BCUT2D eigenvalue weighted by Gasteiger charge is 2.02. The summed E-state index contributed by atoms with van der Waals surface area (Å²) in [5.41, 5.74) is 0. The molecule has 1 N–H and O–H groups in total. The zero-order valence-corrected chi connectivity index (χ0v) is 8.42. The van der Waals surface area contributed by atoms with E-state index in [0.717, 1.165) is 32.0 Å². The van der Waals surface area contributed by atoms with Crippen molar-refractivity contribution in [3.8, 4) is 0 Å².